The molecule has 2 aromatic rings. The number of carbonyl (C=O) groups is 1. The average molecular weight is 303 g/mol. The molecule has 0 atom stereocenters. The zero-order chi connectivity index (χ0) is 16.2. The number of rotatable bonds is 5. The van der Waals surface area contributed by atoms with Crippen LogP contribution >= 0.6 is 0 Å². The summed E-state index contributed by atoms with van der Waals surface area (Å²) >= 11 is 0. The summed E-state index contributed by atoms with van der Waals surface area (Å²) in [7, 11) is 0. The van der Waals surface area contributed by atoms with Crippen molar-refractivity contribution in [2.45, 2.75) is 20.8 Å². The van der Waals surface area contributed by atoms with Crippen LogP contribution in [0, 0.1) is 12.3 Å². The van der Waals surface area contributed by atoms with Crippen molar-refractivity contribution in [3.63, 3.8) is 0 Å². The third-order valence-corrected chi connectivity index (χ3v) is 3.32. The zero-order valence-corrected chi connectivity index (χ0v) is 13.0. The Morgan fingerprint density at radius 1 is 1.41 bits per heavy atom. The summed E-state index contributed by atoms with van der Waals surface area (Å²) in [5, 5.41) is 14.8. The first-order chi connectivity index (χ1) is 10.4. The lowest BCUT2D eigenvalue weighted by Crippen LogP contribution is -2.38. The van der Waals surface area contributed by atoms with Gasteiger partial charge in [-0.3, -0.25) is 0 Å². The highest BCUT2D eigenvalue weighted by atomic mass is 16.3. The van der Waals surface area contributed by atoms with E-state index in [1.165, 1.54) is 6.26 Å². The molecule has 6 heteroatoms. The number of nitrogens with zero attached hydrogens (tertiary/aromatic N) is 1. The fraction of sp³-hybridized carbons (Fsp3) is 0.375. The summed E-state index contributed by atoms with van der Waals surface area (Å²) in [5.41, 5.74) is 2.07. The van der Waals surface area contributed by atoms with Gasteiger partial charge in [-0.1, -0.05) is 19.9 Å². The minimum atomic E-state index is -0.355. The van der Waals surface area contributed by atoms with Crippen LogP contribution in [-0.4, -0.2) is 29.3 Å². The molecule has 0 unspecified atom stereocenters. The molecule has 0 fully saturated rings. The highest BCUT2D eigenvalue weighted by Gasteiger charge is 2.17. The third kappa shape index (κ3) is 4.08. The Bertz CT molecular complexity index is 636. The number of aryl methyl sites for hydroxylation is 1. The van der Waals surface area contributed by atoms with Crippen LogP contribution < -0.4 is 10.6 Å². The number of benzene rings is 1. The zero-order valence-electron chi connectivity index (χ0n) is 13.0. The van der Waals surface area contributed by atoms with Gasteiger partial charge in [-0.25, -0.2) is 9.78 Å². The van der Waals surface area contributed by atoms with Gasteiger partial charge in [-0.2, -0.15) is 0 Å². The van der Waals surface area contributed by atoms with Gasteiger partial charge >= 0.3 is 6.03 Å². The molecule has 1 aromatic carbocycles. The number of carbonyl (C=O) groups excluding carboxylic acids is 1. The molecule has 3 N–H and O–H groups in total. The second-order valence-electron chi connectivity index (χ2n) is 6.00. The van der Waals surface area contributed by atoms with Crippen LogP contribution in [0.5, 0.6) is 0 Å². The van der Waals surface area contributed by atoms with E-state index >= 15 is 0 Å². The van der Waals surface area contributed by atoms with Gasteiger partial charge in [0.25, 0.3) is 0 Å². The first-order valence-electron chi connectivity index (χ1n) is 7.07. The highest BCUT2D eigenvalue weighted by molar-refractivity contribution is 5.90. The minimum absolute atomic E-state index is 0.00591. The number of urea groups is 1. The predicted octanol–water partition coefficient (Wildman–Crippen LogP) is 2.79. The summed E-state index contributed by atoms with van der Waals surface area (Å²) in [6, 6.07) is 5.29. The lowest BCUT2D eigenvalue weighted by atomic mass is 9.95. The third-order valence-electron chi connectivity index (χ3n) is 3.32. The summed E-state index contributed by atoms with van der Waals surface area (Å²) in [4.78, 5) is 16.1. The molecule has 0 saturated carbocycles. The van der Waals surface area contributed by atoms with E-state index in [-0.39, 0.29) is 18.1 Å². The maximum absolute atomic E-state index is 12.0. The molecule has 0 aliphatic heterocycles. The number of hydrogen-bond acceptors (Lipinski definition) is 4. The molecule has 2 amide bonds. The number of anilines is 1. The van der Waals surface area contributed by atoms with Crippen LogP contribution in [0.3, 0.4) is 0 Å². The van der Waals surface area contributed by atoms with Crippen LogP contribution in [0.2, 0.25) is 0 Å². The number of aliphatic hydroxyl groups excluding tert-OH is 1. The monoisotopic (exact) mass is 303 g/mol. The lowest BCUT2D eigenvalue weighted by Gasteiger charge is -2.22. The number of aliphatic hydroxyl groups is 1. The van der Waals surface area contributed by atoms with Crippen molar-refractivity contribution >= 4 is 11.7 Å². The Balaban J connectivity index is 2.06. The van der Waals surface area contributed by atoms with Crippen molar-refractivity contribution in [2.24, 2.45) is 5.41 Å². The summed E-state index contributed by atoms with van der Waals surface area (Å²) in [6.45, 7) is 6.05. The van der Waals surface area contributed by atoms with E-state index in [4.69, 9.17) is 4.42 Å². The van der Waals surface area contributed by atoms with E-state index in [9.17, 15) is 9.90 Å². The number of aromatic nitrogens is 1. The number of oxazole rings is 1. The fourth-order valence-electron chi connectivity index (χ4n) is 1.80. The van der Waals surface area contributed by atoms with Gasteiger partial charge in [-0.05, 0) is 24.6 Å². The fourth-order valence-corrected chi connectivity index (χ4v) is 1.80. The second-order valence-corrected chi connectivity index (χ2v) is 6.00. The molecule has 118 valence electrons. The molecule has 22 heavy (non-hydrogen) atoms. The molecule has 0 aliphatic carbocycles. The molecule has 0 saturated heterocycles. The van der Waals surface area contributed by atoms with E-state index in [1.807, 2.05) is 39.0 Å². The van der Waals surface area contributed by atoms with E-state index < -0.39 is 0 Å². The summed E-state index contributed by atoms with van der Waals surface area (Å²) in [6.07, 6.45) is 3.08. The number of hydrogen-bond donors (Lipinski definition) is 3. The normalized spacial score (nSPS) is 11.3. The van der Waals surface area contributed by atoms with Crippen molar-refractivity contribution in [1.82, 2.24) is 10.3 Å². The standard InChI is InChI=1S/C16H21N3O3/c1-11-4-5-12(14-17-6-7-22-14)8-13(11)19-15(21)18-9-16(2,3)10-20/h4-8,20H,9-10H2,1-3H3,(H2,18,19,21). The molecule has 1 aromatic heterocycles. The molecular weight excluding hydrogens is 282 g/mol. The van der Waals surface area contributed by atoms with Gasteiger partial charge in [0, 0.05) is 29.8 Å². The molecule has 1 heterocycles. The number of amides is 2. The van der Waals surface area contributed by atoms with Gasteiger partial charge in [0.05, 0.1) is 6.20 Å². The van der Waals surface area contributed by atoms with Gasteiger partial charge in [0.2, 0.25) is 5.89 Å². The Kier molecular flexibility index (Phi) is 4.82. The van der Waals surface area contributed by atoms with Crippen molar-refractivity contribution in [3.05, 3.63) is 36.2 Å². The van der Waals surface area contributed by atoms with Gasteiger partial charge in [-0.15, -0.1) is 0 Å². The van der Waals surface area contributed by atoms with Crippen LogP contribution in [-0.2, 0) is 0 Å². The molecular formula is C16H21N3O3. The van der Waals surface area contributed by atoms with Gasteiger partial charge < -0.3 is 20.2 Å². The van der Waals surface area contributed by atoms with E-state index in [1.54, 1.807) is 6.20 Å². The molecule has 0 spiro atoms. The second kappa shape index (κ2) is 6.62. The molecule has 0 radical (unpaired) electrons. The topological polar surface area (TPSA) is 87.4 Å². The van der Waals surface area contributed by atoms with Crippen molar-refractivity contribution in [3.8, 4) is 11.5 Å². The van der Waals surface area contributed by atoms with Gasteiger partial charge in [0.1, 0.15) is 6.26 Å². The predicted molar refractivity (Wildman–Crippen MR) is 84.6 cm³/mol. The van der Waals surface area contributed by atoms with Crippen LogP contribution in [0.25, 0.3) is 11.5 Å². The average Bonchev–Trinajstić information content (AvgIpc) is 3.02. The largest absolute Gasteiger partial charge is 0.445 e. The molecule has 0 bridgehead atoms. The number of nitrogens with one attached hydrogen (secondary N) is 2. The molecule has 2 rings (SSSR count). The van der Waals surface area contributed by atoms with E-state index in [2.05, 4.69) is 15.6 Å². The first-order valence-corrected chi connectivity index (χ1v) is 7.07. The minimum Gasteiger partial charge on any atom is -0.445 e. The smallest absolute Gasteiger partial charge is 0.319 e. The lowest BCUT2D eigenvalue weighted by molar-refractivity contribution is 0.158. The maximum atomic E-state index is 12.0. The quantitative estimate of drug-likeness (QED) is 0.792. The Morgan fingerprint density at radius 2 is 2.18 bits per heavy atom. The summed E-state index contributed by atoms with van der Waals surface area (Å²) in [5.74, 6) is 0.505. The van der Waals surface area contributed by atoms with Crippen molar-refractivity contribution in [2.75, 3.05) is 18.5 Å². The summed E-state index contributed by atoms with van der Waals surface area (Å²) < 4.78 is 5.26. The van der Waals surface area contributed by atoms with E-state index in [0.717, 1.165) is 11.1 Å². The van der Waals surface area contributed by atoms with Gasteiger partial charge in [0.15, 0.2) is 0 Å². The van der Waals surface area contributed by atoms with Crippen LogP contribution in [0.1, 0.15) is 19.4 Å². The SMILES string of the molecule is Cc1ccc(-c2ncco2)cc1NC(=O)NCC(C)(C)CO. The van der Waals surface area contributed by atoms with E-state index in [0.29, 0.717) is 18.1 Å². The highest BCUT2D eigenvalue weighted by Crippen LogP contribution is 2.24. The van der Waals surface area contributed by atoms with Crippen molar-refractivity contribution in [1.29, 1.82) is 0 Å². The Hall–Kier alpha value is -2.34. The van der Waals surface area contributed by atoms with Crippen molar-refractivity contribution < 1.29 is 14.3 Å². The molecule has 0 aliphatic rings. The molecule has 6 nitrogen and oxygen atoms in total. The Labute approximate surface area is 129 Å². The maximum Gasteiger partial charge on any atom is 0.319 e. The van der Waals surface area contributed by atoms with Crippen LogP contribution in [0.4, 0.5) is 10.5 Å². The first kappa shape index (κ1) is 16.0. The Morgan fingerprint density at radius 3 is 2.82 bits per heavy atom. The van der Waals surface area contributed by atoms with Crippen LogP contribution in [0.15, 0.2) is 35.1 Å².